The number of nitrogens with zero attached hydrogens (tertiary/aromatic N) is 1. The lowest BCUT2D eigenvalue weighted by Gasteiger charge is -2.06. The zero-order chi connectivity index (χ0) is 11.7. The molecule has 1 atom stereocenters. The molecule has 0 fully saturated rings. The van der Waals surface area contributed by atoms with Gasteiger partial charge in [0.25, 0.3) is 0 Å². The molecule has 6 heteroatoms. The van der Waals surface area contributed by atoms with Crippen LogP contribution in [0.5, 0.6) is 0 Å². The number of carbonyl (C=O) groups excluding carboxylic acids is 1. The van der Waals surface area contributed by atoms with E-state index in [0.29, 0.717) is 10.0 Å². The van der Waals surface area contributed by atoms with Crippen molar-refractivity contribution in [3.63, 3.8) is 0 Å². The summed E-state index contributed by atoms with van der Waals surface area (Å²) in [5.41, 5.74) is 1.88. The molecule has 16 heavy (non-hydrogen) atoms. The summed E-state index contributed by atoms with van der Waals surface area (Å²) in [7, 11) is 0. The molecule has 84 valence electrons. The van der Waals surface area contributed by atoms with Crippen LogP contribution < -0.4 is 0 Å². The van der Waals surface area contributed by atoms with Gasteiger partial charge in [0, 0.05) is 10.0 Å². The number of aliphatic hydroxyl groups excluding tert-OH is 1. The zero-order valence-electron chi connectivity index (χ0n) is 8.08. The lowest BCUT2D eigenvalue weighted by molar-refractivity contribution is 0.0785. The van der Waals surface area contributed by atoms with E-state index >= 15 is 0 Å². The van der Waals surface area contributed by atoms with Crippen LogP contribution in [0, 0.1) is 0 Å². The van der Waals surface area contributed by atoms with Gasteiger partial charge in [0.15, 0.2) is 5.78 Å². The van der Waals surface area contributed by atoms with Crippen LogP contribution in [0.1, 0.15) is 10.4 Å². The maximum atomic E-state index is 11.7. The number of Topliss-reactive ketones (excluding diaryl/α,β-unsaturated/α-hetero) is 1. The molecule has 0 aliphatic carbocycles. The normalized spacial score (nSPS) is 12.9. The number of aromatic nitrogens is 2. The van der Waals surface area contributed by atoms with Gasteiger partial charge in [0.05, 0.1) is 17.7 Å². The predicted molar refractivity (Wildman–Crippen MR) is 64.9 cm³/mol. The number of ketones is 1. The van der Waals surface area contributed by atoms with Crippen LogP contribution in [0.4, 0.5) is 0 Å². The number of hydrogen-bond acceptors (Lipinski definition) is 3. The molecule has 0 saturated heterocycles. The van der Waals surface area contributed by atoms with E-state index in [1.54, 1.807) is 18.5 Å². The maximum Gasteiger partial charge on any atom is 0.192 e. The lowest BCUT2D eigenvalue weighted by Crippen LogP contribution is -2.21. The van der Waals surface area contributed by atoms with Gasteiger partial charge in [-0.3, -0.25) is 4.79 Å². The summed E-state index contributed by atoms with van der Waals surface area (Å²) in [6, 6.07) is 3.27. The largest absolute Gasteiger partial charge is 0.384 e. The third-order valence-electron chi connectivity index (χ3n) is 2.21. The summed E-state index contributed by atoms with van der Waals surface area (Å²) in [5.74, 6) is -0.510. The first-order chi connectivity index (χ1) is 7.63. The number of aliphatic hydroxyl groups is 1. The molecule has 0 saturated carbocycles. The molecule has 2 rings (SSSR count). The van der Waals surface area contributed by atoms with Gasteiger partial charge in [-0.1, -0.05) is 0 Å². The number of halogens is 2. The highest BCUT2D eigenvalue weighted by Gasteiger charge is 2.17. The van der Waals surface area contributed by atoms with Crippen LogP contribution in [-0.4, -0.2) is 32.8 Å². The summed E-state index contributed by atoms with van der Waals surface area (Å²) < 4.78 is 0.705. The van der Waals surface area contributed by atoms with Gasteiger partial charge in [-0.15, -0.1) is 11.6 Å². The first-order valence-electron chi connectivity index (χ1n) is 4.54. The van der Waals surface area contributed by atoms with Crippen molar-refractivity contribution in [1.29, 1.82) is 0 Å². The molecule has 0 bridgehead atoms. The van der Waals surface area contributed by atoms with Crippen molar-refractivity contribution in [2.45, 2.75) is 6.10 Å². The Morgan fingerprint density at radius 3 is 3.06 bits per heavy atom. The minimum absolute atomic E-state index is 0.114. The van der Waals surface area contributed by atoms with Crippen molar-refractivity contribution in [3.05, 3.63) is 28.5 Å². The fraction of sp³-hybridized carbons (Fsp3) is 0.200. The second-order valence-corrected chi connectivity index (χ2v) is 4.45. The van der Waals surface area contributed by atoms with Gasteiger partial charge in [-0.2, -0.15) is 0 Å². The Hall–Kier alpha value is -0.910. The number of rotatable bonds is 3. The average molecular weight is 304 g/mol. The number of imidazole rings is 1. The van der Waals surface area contributed by atoms with Crippen LogP contribution in [0.2, 0.25) is 0 Å². The van der Waals surface area contributed by atoms with Gasteiger partial charge in [0.2, 0.25) is 0 Å². The fourth-order valence-electron chi connectivity index (χ4n) is 1.41. The van der Waals surface area contributed by atoms with Crippen molar-refractivity contribution in [1.82, 2.24) is 9.97 Å². The smallest absolute Gasteiger partial charge is 0.192 e. The minimum Gasteiger partial charge on any atom is -0.384 e. The topological polar surface area (TPSA) is 66.0 Å². The van der Waals surface area contributed by atoms with Crippen LogP contribution in [0.25, 0.3) is 11.0 Å². The predicted octanol–water partition coefficient (Wildman–Crippen LogP) is 2.11. The summed E-state index contributed by atoms with van der Waals surface area (Å²) in [4.78, 5) is 18.7. The number of alkyl halides is 1. The Bertz CT molecular complexity index is 541. The van der Waals surface area contributed by atoms with E-state index in [1.165, 1.54) is 0 Å². The first kappa shape index (κ1) is 11.6. The van der Waals surface area contributed by atoms with Crippen molar-refractivity contribution >= 4 is 44.3 Å². The van der Waals surface area contributed by atoms with E-state index < -0.39 is 11.9 Å². The van der Waals surface area contributed by atoms with Gasteiger partial charge >= 0.3 is 0 Å². The second-order valence-electron chi connectivity index (χ2n) is 3.29. The summed E-state index contributed by atoms with van der Waals surface area (Å²) in [6.45, 7) is 0. The van der Waals surface area contributed by atoms with E-state index in [1.807, 2.05) is 0 Å². The van der Waals surface area contributed by atoms with Crippen LogP contribution >= 0.6 is 27.5 Å². The molecule has 4 nitrogen and oxygen atoms in total. The van der Waals surface area contributed by atoms with Crippen molar-refractivity contribution < 1.29 is 9.90 Å². The van der Waals surface area contributed by atoms with Crippen molar-refractivity contribution in [3.8, 4) is 0 Å². The molecule has 0 radical (unpaired) electrons. The summed E-state index contributed by atoms with van der Waals surface area (Å²) in [6.07, 6.45) is 0.371. The second kappa shape index (κ2) is 4.53. The lowest BCUT2D eigenvalue weighted by atomic mass is 10.1. The maximum absolute atomic E-state index is 11.7. The number of aromatic amines is 1. The van der Waals surface area contributed by atoms with Gasteiger partial charge < -0.3 is 10.1 Å². The monoisotopic (exact) mass is 302 g/mol. The molecule has 2 N–H and O–H groups in total. The van der Waals surface area contributed by atoms with Gasteiger partial charge in [-0.05, 0) is 28.1 Å². The average Bonchev–Trinajstić information content (AvgIpc) is 2.75. The SMILES string of the molecule is O=C(c1cc(Br)c2nc[nH]c2c1)C(O)CCl. The third-order valence-corrected chi connectivity index (χ3v) is 3.11. The van der Waals surface area contributed by atoms with Gasteiger partial charge in [0.1, 0.15) is 11.6 Å². The number of hydrogen-bond donors (Lipinski definition) is 2. The van der Waals surface area contributed by atoms with E-state index in [2.05, 4.69) is 25.9 Å². The zero-order valence-corrected chi connectivity index (χ0v) is 10.4. The fourth-order valence-corrected chi connectivity index (χ4v) is 2.11. The highest BCUT2D eigenvalue weighted by atomic mass is 79.9. The molecule has 0 spiro atoms. The van der Waals surface area contributed by atoms with E-state index in [0.717, 1.165) is 11.0 Å². The molecule has 1 heterocycles. The number of carbonyl (C=O) groups is 1. The molecule has 1 aromatic heterocycles. The van der Waals surface area contributed by atoms with E-state index in [-0.39, 0.29) is 5.88 Å². The molecule has 0 amide bonds. The third kappa shape index (κ3) is 1.98. The van der Waals surface area contributed by atoms with Gasteiger partial charge in [-0.25, -0.2) is 4.98 Å². The first-order valence-corrected chi connectivity index (χ1v) is 5.87. The molecule has 1 aromatic carbocycles. The number of H-pyrrole nitrogens is 1. The molecular formula is C10H8BrClN2O2. The molecule has 0 aliphatic heterocycles. The summed E-state index contributed by atoms with van der Waals surface area (Å²) in [5, 5.41) is 9.37. The Morgan fingerprint density at radius 1 is 1.62 bits per heavy atom. The highest BCUT2D eigenvalue weighted by molar-refractivity contribution is 9.10. The number of fused-ring (bicyclic) bond motifs is 1. The number of benzene rings is 1. The van der Waals surface area contributed by atoms with E-state index in [9.17, 15) is 9.90 Å². The summed E-state index contributed by atoms with van der Waals surface area (Å²) >= 11 is 8.75. The van der Waals surface area contributed by atoms with Crippen molar-refractivity contribution in [2.75, 3.05) is 5.88 Å². The van der Waals surface area contributed by atoms with Crippen molar-refractivity contribution in [2.24, 2.45) is 0 Å². The quantitative estimate of drug-likeness (QED) is 0.674. The highest BCUT2D eigenvalue weighted by Crippen LogP contribution is 2.23. The Labute approximate surface area is 105 Å². The standard InChI is InChI=1S/C10H8BrClN2O2/c11-6-1-5(10(16)8(15)3-12)2-7-9(6)14-4-13-7/h1-2,4,8,15H,3H2,(H,13,14). The Morgan fingerprint density at radius 2 is 2.38 bits per heavy atom. The van der Waals surface area contributed by atoms with Crippen LogP contribution in [0.15, 0.2) is 22.9 Å². The number of nitrogens with one attached hydrogen (secondary N) is 1. The molecule has 2 aromatic rings. The molecule has 0 aliphatic rings. The van der Waals surface area contributed by atoms with E-state index in [4.69, 9.17) is 11.6 Å². The van der Waals surface area contributed by atoms with Crippen LogP contribution in [-0.2, 0) is 0 Å². The Balaban J connectivity index is 2.49. The molecular weight excluding hydrogens is 295 g/mol. The molecule has 1 unspecified atom stereocenters. The van der Waals surface area contributed by atoms with Crippen LogP contribution in [0.3, 0.4) is 0 Å². The Kier molecular flexibility index (Phi) is 3.28. The minimum atomic E-state index is -1.17.